The molecule has 0 bridgehead atoms. The van der Waals surface area contributed by atoms with E-state index in [0.29, 0.717) is 6.54 Å². The van der Waals surface area contributed by atoms with E-state index in [1.54, 1.807) is 32.7 Å². The number of nitrogens with zero attached hydrogens (tertiary/aromatic N) is 4. The fraction of sp³-hybridized carbons (Fsp3) is 0.222. The van der Waals surface area contributed by atoms with E-state index >= 15 is 0 Å². The van der Waals surface area contributed by atoms with Gasteiger partial charge in [0.15, 0.2) is 0 Å². The van der Waals surface area contributed by atoms with Crippen LogP contribution in [0.4, 0.5) is 0 Å². The van der Waals surface area contributed by atoms with E-state index in [-0.39, 0.29) is 5.92 Å². The Morgan fingerprint density at radius 2 is 1.89 bits per heavy atom. The molecule has 0 radical (unpaired) electrons. The number of fused-ring (bicyclic) bond motifs is 1. The van der Waals surface area contributed by atoms with Gasteiger partial charge in [0.2, 0.25) is 0 Å². The molecule has 2 aromatic carbocycles. The zero-order valence-corrected chi connectivity index (χ0v) is 20.7. The van der Waals surface area contributed by atoms with Crippen molar-refractivity contribution in [3.8, 4) is 27.8 Å². The standard InChI is InChI=1S/C27H26N4O3S/c1-32-21-5-4-12-28-15-19(8-11-21)24-16-29-17-31(24)20-9-6-18(7-10-20)27-30-23-13-22(33-2)14-25(34-3)26(23)35-27/h4-7,9-11,13-17,19H,8,12H2,1-3H3/b5-4?,21-11+,28-15?. The van der Waals surface area contributed by atoms with Gasteiger partial charge in [-0.2, -0.15) is 0 Å². The number of allylic oxidation sites excluding steroid dienone is 2. The topological polar surface area (TPSA) is 70.8 Å². The Morgan fingerprint density at radius 3 is 2.66 bits per heavy atom. The SMILES string of the molecule is CO/C1=C/CC(c2cncn2-c2ccc(-c3nc4cc(OC)cc(OC)c4s3)cc2)C=NCC=C1. The van der Waals surface area contributed by atoms with Crippen molar-refractivity contribution >= 4 is 27.8 Å². The first-order valence-electron chi connectivity index (χ1n) is 11.3. The van der Waals surface area contributed by atoms with Crippen LogP contribution >= 0.6 is 11.3 Å². The summed E-state index contributed by atoms with van der Waals surface area (Å²) in [4.78, 5) is 13.8. The summed E-state index contributed by atoms with van der Waals surface area (Å²) in [7, 11) is 4.99. The van der Waals surface area contributed by atoms with Crippen molar-refractivity contribution in [2.75, 3.05) is 27.9 Å². The average molecular weight is 487 g/mol. The third-order valence-corrected chi connectivity index (χ3v) is 7.05. The number of hydrogen-bond donors (Lipinski definition) is 0. The van der Waals surface area contributed by atoms with Crippen molar-refractivity contribution in [2.24, 2.45) is 4.99 Å². The van der Waals surface area contributed by atoms with E-state index in [4.69, 9.17) is 19.2 Å². The Kier molecular flexibility index (Phi) is 6.63. The van der Waals surface area contributed by atoms with Crippen molar-refractivity contribution in [3.05, 3.63) is 78.6 Å². The van der Waals surface area contributed by atoms with Gasteiger partial charge in [0.05, 0.1) is 50.1 Å². The van der Waals surface area contributed by atoms with Crippen LogP contribution in [0.15, 0.2) is 77.9 Å². The highest BCUT2D eigenvalue weighted by molar-refractivity contribution is 7.22. The second-order valence-electron chi connectivity index (χ2n) is 8.00. The summed E-state index contributed by atoms with van der Waals surface area (Å²) < 4.78 is 19.5. The Hall–Kier alpha value is -3.91. The first-order chi connectivity index (χ1) is 17.2. The predicted molar refractivity (Wildman–Crippen MR) is 140 cm³/mol. The molecule has 0 spiro atoms. The van der Waals surface area contributed by atoms with Gasteiger partial charge in [0, 0.05) is 41.7 Å². The molecule has 2 aromatic heterocycles. The molecule has 0 saturated carbocycles. The molecule has 35 heavy (non-hydrogen) atoms. The summed E-state index contributed by atoms with van der Waals surface area (Å²) in [5.74, 6) is 2.43. The highest BCUT2D eigenvalue weighted by Crippen LogP contribution is 2.39. The van der Waals surface area contributed by atoms with Crippen LogP contribution in [0.5, 0.6) is 11.5 Å². The smallest absolute Gasteiger partial charge is 0.142 e. The number of ether oxygens (including phenoxy) is 3. The third kappa shape index (κ3) is 4.70. The quantitative estimate of drug-likeness (QED) is 0.344. The van der Waals surface area contributed by atoms with Crippen LogP contribution in [0.3, 0.4) is 0 Å². The molecule has 0 N–H and O–H groups in total. The number of thiazole rings is 1. The Morgan fingerprint density at radius 1 is 1.03 bits per heavy atom. The van der Waals surface area contributed by atoms with E-state index in [1.807, 2.05) is 43.0 Å². The molecule has 3 heterocycles. The van der Waals surface area contributed by atoms with Crippen LogP contribution < -0.4 is 9.47 Å². The maximum atomic E-state index is 5.55. The highest BCUT2D eigenvalue weighted by atomic mass is 32.1. The lowest BCUT2D eigenvalue weighted by Gasteiger charge is -2.14. The van der Waals surface area contributed by atoms with Crippen LogP contribution in [-0.4, -0.2) is 48.6 Å². The summed E-state index contributed by atoms with van der Waals surface area (Å²) in [5, 5.41) is 0.928. The first-order valence-corrected chi connectivity index (χ1v) is 12.1. The van der Waals surface area contributed by atoms with E-state index < -0.39 is 0 Å². The van der Waals surface area contributed by atoms with Crippen LogP contribution in [0.25, 0.3) is 26.5 Å². The minimum Gasteiger partial charge on any atom is -0.497 e. The van der Waals surface area contributed by atoms with E-state index in [1.165, 1.54) is 0 Å². The predicted octanol–water partition coefficient (Wildman–Crippen LogP) is 5.81. The Balaban J connectivity index is 1.45. The van der Waals surface area contributed by atoms with Gasteiger partial charge in [-0.05, 0) is 42.8 Å². The van der Waals surface area contributed by atoms with Gasteiger partial charge >= 0.3 is 0 Å². The van der Waals surface area contributed by atoms with Gasteiger partial charge < -0.3 is 18.8 Å². The highest BCUT2D eigenvalue weighted by Gasteiger charge is 2.16. The molecule has 178 valence electrons. The lowest BCUT2D eigenvalue weighted by atomic mass is 10.0. The summed E-state index contributed by atoms with van der Waals surface area (Å²) in [6, 6.07) is 12.2. The zero-order valence-electron chi connectivity index (χ0n) is 19.8. The second kappa shape index (κ2) is 10.1. The van der Waals surface area contributed by atoms with Crippen LogP contribution in [0.2, 0.25) is 0 Å². The van der Waals surface area contributed by atoms with Crippen molar-refractivity contribution < 1.29 is 14.2 Å². The minimum absolute atomic E-state index is 0.0916. The molecule has 0 fully saturated rings. The number of imidazole rings is 1. The van der Waals surface area contributed by atoms with Crippen molar-refractivity contribution in [2.45, 2.75) is 12.3 Å². The van der Waals surface area contributed by atoms with Crippen LogP contribution in [0, 0.1) is 0 Å². The number of hydrogen-bond acceptors (Lipinski definition) is 7. The van der Waals surface area contributed by atoms with Crippen molar-refractivity contribution in [1.82, 2.24) is 14.5 Å². The maximum absolute atomic E-state index is 5.55. The molecular formula is C27H26N4O3S. The Bertz CT molecular complexity index is 1420. The lowest BCUT2D eigenvalue weighted by Crippen LogP contribution is -2.07. The van der Waals surface area contributed by atoms with Gasteiger partial charge in [0.1, 0.15) is 22.3 Å². The number of aliphatic imine (C=N–C) groups is 1. The average Bonchev–Trinajstić information content (AvgIpc) is 3.57. The summed E-state index contributed by atoms with van der Waals surface area (Å²) in [6.07, 6.45) is 12.6. The molecule has 0 saturated heterocycles. The second-order valence-corrected chi connectivity index (χ2v) is 9.00. The minimum atomic E-state index is 0.0916. The van der Waals surface area contributed by atoms with Crippen molar-refractivity contribution in [3.63, 3.8) is 0 Å². The number of methoxy groups -OCH3 is 3. The monoisotopic (exact) mass is 486 g/mol. The molecule has 1 atom stereocenters. The van der Waals surface area contributed by atoms with Crippen molar-refractivity contribution in [1.29, 1.82) is 0 Å². The van der Waals surface area contributed by atoms with Gasteiger partial charge in [0.25, 0.3) is 0 Å². The largest absolute Gasteiger partial charge is 0.497 e. The molecule has 1 unspecified atom stereocenters. The normalized spacial score (nSPS) is 17.3. The van der Waals surface area contributed by atoms with Gasteiger partial charge in [-0.25, -0.2) is 9.97 Å². The number of aromatic nitrogens is 3. The van der Waals surface area contributed by atoms with Crippen LogP contribution in [-0.2, 0) is 4.74 Å². The fourth-order valence-electron chi connectivity index (χ4n) is 4.07. The fourth-order valence-corrected chi connectivity index (χ4v) is 5.11. The lowest BCUT2D eigenvalue weighted by molar-refractivity contribution is 0.305. The number of rotatable bonds is 6. The molecule has 1 aliphatic rings. The molecular weight excluding hydrogens is 460 g/mol. The van der Waals surface area contributed by atoms with E-state index in [0.717, 1.165) is 55.8 Å². The molecule has 0 amide bonds. The summed E-state index contributed by atoms with van der Waals surface area (Å²) in [6.45, 7) is 0.624. The molecule has 0 aliphatic carbocycles. The van der Waals surface area contributed by atoms with Crippen LogP contribution in [0.1, 0.15) is 18.0 Å². The number of benzene rings is 2. The third-order valence-electron chi connectivity index (χ3n) is 5.91. The first kappa shape index (κ1) is 22.9. The van der Waals surface area contributed by atoms with E-state index in [2.05, 4.69) is 44.9 Å². The van der Waals surface area contributed by atoms with Gasteiger partial charge in [-0.3, -0.25) is 4.99 Å². The molecule has 7 nitrogen and oxygen atoms in total. The zero-order chi connectivity index (χ0) is 24.2. The summed E-state index contributed by atoms with van der Waals surface area (Å²) in [5.41, 5.74) is 4.01. The Labute approximate surface area is 208 Å². The molecule has 5 rings (SSSR count). The van der Waals surface area contributed by atoms with E-state index in [9.17, 15) is 0 Å². The molecule has 8 heteroatoms. The van der Waals surface area contributed by atoms with Gasteiger partial charge in [-0.1, -0.05) is 6.08 Å². The summed E-state index contributed by atoms with van der Waals surface area (Å²) >= 11 is 1.61. The maximum Gasteiger partial charge on any atom is 0.142 e. The molecule has 1 aliphatic heterocycles. The van der Waals surface area contributed by atoms with Gasteiger partial charge in [-0.15, -0.1) is 11.3 Å². The molecule has 4 aromatic rings.